The van der Waals surface area contributed by atoms with Crippen molar-refractivity contribution >= 4 is 5.91 Å². The van der Waals surface area contributed by atoms with E-state index in [4.69, 9.17) is 10.00 Å². The van der Waals surface area contributed by atoms with E-state index in [9.17, 15) is 14.3 Å². The average molecular weight is 491 g/mol. The van der Waals surface area contributed by atoms with Gasteiger partial charge >= 0.3 is 0 Å². The number of rotatable bonds is 21. The molecule has 0 heterocycles. The van der Waals surface area contributed by atoms with Gasteiger partial charge in [0.1, 0.15) is 11.9 Å². The number of amides is 1. The third kappa shape index (κ3) is 15.6. The third-order valence-corrected chi connectivity index (χ3v) is 6.40. The number of hydrogen-bond acceptors (Lipinski definition) is 4. The second-order valence-corrected chi connectivity index (χ2v) is 9.57. The first-order valence-corrected chi connectivity index (χ1v) is 13.8. The Morgan fingerprint density at radius 1 is 0.971 bits per heavy atom. The van der Waals surface area contributed by atoms with Crippen molar-refractivity contribution in [3.05, 3.63) is 35.1 Å². The van der Waals surface area contributed by atoms with Crippen molar-refractivity contribution < 1.29 is 19.0 Å². The molecule has 5 nitrogen and oxygen atoms in total. The van der Waals surface area contributed by atoms with Gasteiger partial charge in [-0.2, -0.15) is 5.26 Å². The van der Waals surface area contributed by atoms with E-state index in [1.54, 1.807) is 13.0 Å². The maximum atomic E-state index is 13.7. The molecule has 2 atom stereocenters. The minimum Gasteiger partial charge on any atom is -0.390 e. The Morgan fingerprint density at radius 3 is 2.09 bits per heavy atom. The second-order valence-electron chi connectivity index (χ2n) is 9.57. The van der Waals surface area contributed by atoms with Gasteiger partial charge in [0.25, 0.3) is 0 Å². The van der Waals surface area contributed by atoms with Crippen LogP contribution in [0.15, 0.2) is 18.2 Å². The van der Waals surface area contributed by atoms with Crippen molar-refractivity contribution in [1.29, 1.82) is 5.26 Å². The molecule has 0 saturated carbocycles. The SMILES string of the molecule is CCCCCCCCCCCCCCCC(O)C(CNC(=O)CC)OCc1cc(F)cc(C#N)c1. The fraction of sp³-hybridized carbons (Fsp3) is 0.724. The molecule has 198 valence electrons. The molecular formula is C29H47FN2O3. The number of halogens is 1. The molecule has 1 rings (SSSR count). The van der Waals surface area contributed by atoms with Crippen LogP contribution < -0.4 is 5.32 Å². The number of unbranched alkanes of at least 4 members (excludes halogenated alkanes) is 12. The summed E-state index contributed by atoms with van der Waals surface area (Å²) in [6.07, 6.45) is 16.1. The quantitative estimate of drug-likeness (QED) is 0.183. The zero-order valence-electron chi connectivity index (χ0n) is 22.0. The van der Waals surface area contributed by atoms with Crippen molar-refractivity contribution in [2.45, 2.75) is 129 Å². The van der Waals surface area contributed by atoms with Gasteiger partial charge in [-0.15, -0.1) is 0 Å². The summed E-state index contributed by atoms with van der Waals surface area (Å²) in [5, 5.41) is 22.5. The van der Waals surface area contributed by atoms with E-state index >= 15 is 0 Å². The summed E-state index contributed by atoms with van der Waals surface area (Å²) in [7, 11) is 0. The van der Waals surface area contributed by atoms with Gasteiger partial charge in [0.15, 0.2) is 0 Å². The highest BCUT2D eigenvalue weighted by Crippen LogP contribution is 2.16. The molecule has 35 heavy (non-hydrogen) atoms. The van der Waals surface area contributed by atoms with Crippen molar-refractivity contribution in [2.24, 2.45) is 0 Å². The second kappa shape index (κ2) is 20.2. The summed E-state index contributed by atoms with van der Waals surface area (Å²) in [6, 6.07) is 6.00. The number of nitriles is 1. The first-order chi connectivity index (χ1) is 17.0. The topological polar surface area (TPSA) is 82.3 Å². The number of hydrogen-bond donors (Lipinski definition) is 2. The normalized spacial score (nSPS) is 12.8. The van der Waals surface area contributed by atoms with Crippen LogP contribution in [-0.4, -0.2) is 29.8 Å². The van der Waals surface area contributed by atoms with Crippen molar-refractivity contribution in [2.75, 3.05) is 6.54 Å². The standard InChI is InChI=1S/C29H47FN2O3/c1-3-5-6-7-8-9-10-11-12-13-14-15-16-17-27(33)28(22-32-29(34)4-2)35-23-25-18-24(21-31)19-26(30)20-25/h18-20,27-28,33H,3-17,22-23H2,1-2H3,(H,32,34). The van der Waals surface area contributed by atoms with Crippen LogP contribution in [0.3, 0.4) is 0 Å². The molecule has 0 aliphatic rings. The summed E-state index contributed by atoms with van der Waals surface area (Å²) in [4.78, 5) is 11.7. The molecule has 1 amide bonds. The van der Waals surface area contributed by atoms with Crippen LogP contribution in [0.5, 0.6) is 0 Å². The average Bonchev–Trinajstić information content (AvgIpc) is 2.86. The molecule has 2 unspecified atom stereocenters. The Bertz CT molecular complexity index is 735. The van der Waals surface area contributed by atoms with E-state index in [0.29, 0.717) is 18.4 Å². The summed E-state index contributed by atoms with van der Waals surface area (Å²) < 4.78 is 19.6. The Morgan fingerprint density at radius 2 is 1.54 bits per heavy atom. The highest BCUT2D eigenvalue weighted by molar-refractivity contribution is 5.75. The predicted molar refractivity (Wildman–Crippen MR) is 139 cm³/mol. The van der Waals surface area contributed by atoms with E-state index in [0.717, 1.165) is 12.8 Å². The van der Waals surface area contributed by atoms with E-state index in [-0.39, 0.29) is 24.6 Å². The van der Waals surface area contributed by atoms with E-state index in [2.05, 4.69) is 12.2 Å². The monoisotopic (exact) mass is 490 g/mol. The Labute approximate surface area is 212 Å². The molecular weight excluding hydrogens is 443 g/mol. The van der Waals surface area contributed by atoms with Gasteiger partial charge in [-0.25, -0.2) is 4.39 Å². The molecule has 0 saturated heterocycles. The van der Waals surface area contributed by atoms with Crippen LogP contribution in [-0.2, 0) is 16.1 Å². The molecule has 1 aromatic rings. The maximum Gasteiger partial charge on any atom is 0.219 e. The fourth-order valence-corrected chi connectivity index (χ4v) is 4.20. The van der Waals surface area contributed by atoms with Gasteiger partial charge in [-0.1, -0.05) is 97.3 Å². The lowest BCUT2D eigenvalue weighted by atomic mass is 10.0. The number of nitrogens with zero attached hydrogens (tertiary/aromatic N) is 1. The molecule has 0 aliphatic heterocycles. The highest BCUT2D eigenvalue weighted by atomic mass is 19.1. The van der Waals surface area contributed by atoms with Crippen LogP contribution in [0.1, 0.15) is 121 Å². The Balaban J connectivity index is 2.29. The van der Waals surface area contributed by atoms with Gasteiger partial charge in [0, 0.05) is 13.0 Å². The Hall–Kier alpha value is -1.97. The molecule has 0 aliphatic carbocycles. The largest absolute Gasteiger partial charge is 0.390 e. The first-order valence-electron chi connectivity index (χ1n) is 13.8. The number of nitrogens with one attached hydrogen (secondary N) is 1. The lowest BCUT2D eigenvalue weighted by molar-refractivity contribution is -0.122. The molecule has 0 spiro atoms. The number of carbonyl (C=O) groups excluding carboxylic acids is 1. The highest BCUT2D eigenvalue weighted by Gasteiger charge is 2.21. The van der Waals surface area contributed by atoms with Crippen molar-refractivity contribution in [3.8, 4) is 6.07 Å². The van der Waals surface area contributed by atoms with Gasteiger partial charge in [-0.3, -0.25) is 4.79 Å². The summed E-state index contributed by atoms with van der Waals surface area (Å²) in [5.41, 5.74) is 0.758. The predicted octanol–water partition coefficient (Wildman–Crippen LogP) is 6.95. The van der Waals surface area contributed by atoms with Gasteiger partial charge in [0.05, 0.1) is 24.3 Å². The molecule has 0 radical (unpaired) electrons. The van der Waals surface area contributed by atoms with Crippen LogP contribution in [0, 0.1) is 17.1 Å². The van der Waals surface area contributed by atoms with Crippen molar-refractivity contribution in [1.82, 2.24) is 5.32 Å². The molecule has 6 heteroatoms. The number of aliphatic hydroxyl groups excluding tert-OH is 1. The lowest BCUT2D eigenvalue weighted by Crippen LogP contribution is -2.40. The summed E-state index contributed by atoms with van der Waals surface area (Å²) in [6.45, 7) is 4.29. The minimum absolute atomic E-state index is 0.0643. The van der Waals surface area contributed by atoms with E-state index in [1.807, 2.05) is 6.07 Å². The van der Waals surface area contributed by atoms with Gasteiger partial charge in [0.2, 0.25) is 5.91 Å². The first kappa shape index (κ1) is 31.1. The number of benzene rings is 1. The zero-order chi connectivity index (χ0) is 25.7. The van der Waals surface area contributed by atoms with Gasteiger partial charge < -0.3 is 15.2 Å². The Kier molecular flexibility index (Phi) is 18.0. The molecule has 2 N–H and O–H groups in total. The number of aliphatic hydroxyl groups is 1. The fourth-order valence-electron chi connectivity index (χ4n) is 4.20. The smallest absolute Gasteiger partial charge is 0.219 e. The van der Waals surface area contributed by atoms with Crippen LogP contribution in [0.2, 0.25) is 0 Å². The number of carbonyl (C=O) groups is 1. The number of ether oxygens (including phenoxy) is 1. The van der Waals surface area contributed by atoms with E-state index < -0.39 is 18.0 Å². The molecule has 0 aromatic heterocycles. The van der Waals surface area contributed by atoms with Crippen LogP contribution >= 0.6 is 0 Å². The van der Waals surface area contributed by atoms with Gasteiger partial charge in [-0.05, 0) is 30.2 Å². The summed E-state index contributed by atoms with van der Waals surface area (Å²) in [5.74, 6) is -0.602. The van der Waals surface area contributed by atoms with Crippen LogP contribution in [0.4, 0.5) is 4.39 Å². The van der Waals surface area contributed by atoms with Crippen LogP contribution in [0.25, 0.3) is 0 Å². The zero-order valence-corrected chi connectivity index (χ0v) is 22.0. The minimum atomic E-state index is -0.719. The third-order valence-electron chi connectivity index (χ3n) is 6.40. The van der Waals surface area contributed by atoms with E-state index in [1.165, 1.54) is 82.8 Å². The molecule has 0 fully saturated rings. The molecule has 0 bridgehead atoms. The summed E-state index contributed by atoms with van der Waals surface area (Å²) >= 11 is 0. The maximum absolute atomic E-state index is 13.7. The molecule has 1 aromatic carbocycles. The lowest BCUT2D eigenvalue weighted by Gasteiger charge is -2.24. The van der Waals surface area contributed by atoms with Crippen molar-refractivity contribution in [3.63, 3.8) is 0 Å².